The topological polar surface area (TPSA) is 97.3 Å². The molecule has 0 unspecified atom stereocenters. The maximum absolute atomic E-state index is 10.4. The molecular formula is C21H25N5O. The van der Waals surface area contributed by atoms with E-state index in [0.29, 0.717) is 18.1 Å². The summed E-state index contributed by atoms with van der Waals surface area (Å²) < 4.78 is 0. The van der Waals surface area contributed by atoms with Gasteiger partial charge in [-0.15, -0.1) is 0 Å². The van der Waals surface area contributed by atoms with Crippen molar-refractivity contribution in [2.45, 2.75) is 6.54 Å². The van der Waals surface area contributed by atoms with Crippen LogP contribution in [0.4, 0.5) is 22.9 Å². The van der Waals surface area contributed by atoms with E-state index in [-0.39, 0.29) is 0 Å². The van der Waals surface area contributed by atoms with E-state index in [1.54, 1.807) is 12.3 Å². The Morgan fingerprint density at radius 3 is 2.41 bits per heavy atom. The first-order valence-corrected chi connectivity index (χ1v) is 8.51. The molecule has 3 rings (SSSR count). The van der Waals surface area contributed by atoms with E-state index in [4.69, 9.17) is 11.5 Å². The maximum Gasteiger partial charge on any atom is 0.150 e. The highest BCUT2D eigenvalue weighted by Gasteiger charge is 1.98. The number of carbonyl (C=O) groups is 1. The van der Waals surface area contributed by atoms with E-state index in [9.17, 15) is 4.79 Å². The van der Waals surface area contributed by atoms with Crippen LogP contribution in [-0.2, 0) is 6.54 Å². The molecule has 0 saturated heterocycles. The third-order valence-electron chi connectivity index (χ3n) is 3.80. The minimum Gasteiger partial charge on any atom is -0.399 e. The van der Waals surface area contributed by atoms with Crippen LogP contribution in [0.3, 0.4) is 0 Å². The van der Waals surface area contributed by atoms with Gasteiger partial charge in [-0.25, -0.2) is 4.98 Å². The highest BCUT2D eigenvalue weighted by atomic mass is 16.1. The van der Waals surface area contributed by atoms with Crippen molar-refractivity contribution in [2.75, 3.05) is 35.8 Å². The third kappa shape index (κ3) is 6.36. The van der Waals surface area contributed by atoms with E-state index in [2.05, 4.69) is 10.3 Å². The number of nitrogens with one attached hydrogen (secondary N) is 1. The van der Waals surface area contributed by atoms with Gasteiger partial charge in [0, 0.05) is 43.8 Å². The number of carbonyl (C=O) groups excluding carboxylic acids is 1. The summed E-state index contributed by atoms with van der Waals surface area (Å²) in [5.74, 6) is 0.708. The zero-order chi connectivity index (χ0) is 19.6. The Labute approximate surface area is 159 Å². The average molecular weight is 363 g/mol. The number of pyridine rings is 1. The van der Waals surface area contributed by atoms with Crippen molar-refractivity contribution >= 4 is 29.2 Å². The number of nitrogens with two attached hydrogens (primary N) is 2. The molecule has 1 heterocycles. The predicted octanol–water partition coefficient (Wildman–Crippen LogP) is 3.42. The first-order chi connectivity index (χ1) is 13.0. The van der Waals surface area contributed by atoms with E-state index < -0.39 is 0 Å². The van der Waals surface area contributed by atoms with E-state index in [1.807, 2.05) is 73.6 Å². The third-order valence-corrected chi connectivity index (χ3v) is 3.80. The number of hydrogen-bond acceptors (Lipinski definition) is 6. The standard InChI is InChI=1S/C12H14N4.C9H11NO/c13-10-5-3-9(4-6-10)8-16-12-11(14)2-1-7-15-12;1-10(2)9-5-3-4-8(6-9)7-11/h1-7H,8,13-14H2,(H,15,16);3-7H,1-2H3. The molecule has 2 aromatic carbocycles. The second kappa shape index (κ2) is 9.82. The molecule has 6 nitrogen and oxygen atoms in total. The molecular weight excluding hydrogens is 338 g/mol. The summed E-state index contributed by atoms with van der Waals surface area (Å²) in [6, 6.07) is 18.8. The molecule has 0 saturated carbocycles. The van der Waals surface area contributed by atoms with Crippen LogP contribution < -0.4 is 21.7 Å². The van der Waals surface area contributed by atoms with Crippen LogP contribution in [0.25, 0.3) is 0 Å². The molecule has 27 heavy (non-hydrogen) atoms. The Morgan fingerprint density at radius 2 is 1.78 bits per heavy atom. The summed E-state index contributed by atoms with van der Waals surface area (Å²) >= 11 is 0. The van der Waals surface area contributed by atoms with Crippen molar-refractivity contribution < 1.29 is 4.79 Å². The second-order valence-electron chi connectivity index (χ2n) is 6.14. The molecule has 1 aromatic heterocycles. The Hall–Kier alpha value is -3.54. The summed E-state index contributed by atoms with van der Waals surface area (Å²) in [7, 11) is 3.90. The van der Waals surface area contributed by atoms with Gasteiger partial charge in [0.25, 0.3) is 0 Å². The van der Waals surface area contributed by atoms with Gasteiger partial charge < -0.3 is 21.7 Å². The SMILES string of the molecule is CN(C)c1cccc(C=O)c1.Nc1ccc(CNc2ncccc2N)cc1. The Balaban J connectivity index is 0.000000208. The monoisotopic (exact) mass is 363 g/mol. The Morgan fingerprint density at radius 1 is 1.04 bits per heavy atom. The van der Waals surface area contributed by atoms with Crippen LogP contribution in [0, 0.1) is 0 Å². The van der Waals surface area contributed by atoms with Gasteiger partial charge >= 0.3 is 0 Å². The van der Waals surface area contributed by atoms with Crippen LogP contribution in [0.15, 0.2) is 66.9 Å². The van der Waals surface area contributed by atoms with Gasteiger partial charge in [-0.2, -0.15) is 0 Å². The average Bonchev–Trinajstić information content (AvgIpc) is 2.69. The molecule has 5 N–H and O–H groups in total. The van der Waals surface area contributed by atoms with Gasteiger partial charge in [0.2, 0.25) is 0 Å². The van der Waals surface area contributed by atoms with Crippen molar-refractivity contribution in [3.63, 3.8) is 0 Å². The molecule has 0 radical (unpaired) electrons. The maximum atomic E-state index is 10.4. The van der Waals surface area contributed by atoms with Crippen LogP contribution >= 0.6 is 0 Å². The summed E-state index contributed by atoms with van der Waals surface area (Å²) in [5.41, 5.74) is 15.7. The lowest BCUT2D eigenvalue weighted by molar-refractivity contribution is 0.112. The number of anilines is 4. The lowest BCUT2D eigenvalue weighted by Crippen LogP contribution is -2.08. The molecule has 6 heteroatoms. The summed E-state index contributed by atoms with van der Waals surface area (Å²) in [6.07, 6.45) is 2.56. The number of rotatable bonds is 5. The van der Waals surface area contributed by atoms with Gasteiger partial charge in [-0.1, -0.05) is 24.3 Å². The number of aldehydes is 1. The van der Waals surface area contributed by atoms with Gasteiger partial charge in [0.15, 0.2) is 0 Å². The molecule has 0 bridgehead atoms. The van der Waals surface area contributed by atoms with Gasteiger partial charge in [0.1, 0.15) is 12.1 Å². The van der Waals surface area contributed by atoms with Crippen molar-refractivity contribution in [1.82, 2.24) is 4.98 Å². The first-order valence-electron chi connectivity index (χ1n) is 8.51. The van der Waals surface area contributed by atoms with Gasteiger partial charge in [0.05, 0.1) is 5.69 Å². The number of nitrogens with zero attached hydrogens (tertiary/aromatic N) is 2. The van der Waals surface area contributed by atoms with Gasteiger partial charge in [-0.05, 0) is 42.0 Å². The minimum atomic E-state index is 0.651. The van der Waals surface area contributed by atoms with Crippen LogP contribution in [-0.4, -0.2) is 25.4 Å². The molecule has 0 spiro atoms. The number of aromatic nitrogens is 1. The fourth-order valence-corrected chi connectivity index (χ4v) is 2.26. The smallest absolute Gasteiger partial charge is 0.150 e. The molecule has 0 aliphatic heterocycles. The summed E-state index contributed by atoms with van der Waals surface area (Å²) in [6.45, 7) is 0.682. The molecule has 3 aromatic rings. The second-order valence-corrected chi connectivity index (χ2v) is 6.14. The first kappa shape index (κ1) is 19.8. The number of benzene rings is 2. The van der Waals surface area contributed by atoms with E-state index >= 15 is 0 Å². The Bertz CT molecular complexity index is 862. The predicted molar refractivity (Wildman–Crippen MR) is 113 cm³/mol. The minimum absolute atomic E-state index is 0.651. The fourth-order valence-electron chi connectivity index (χ4n) is 2.26. The molecule has 0 fully saturated rings. The Kier molecular flexibility index (Phi) is 7.19. The van der Waals surface area contributed by atoms with Crippen LogP contribution in [0.1, 0.15) is 15.9 Å². The molecule has 140 valence electrons. The summed E-state index contributed by atoms with van der Waals surface area (Å²) in [4.78, 5) is 16.5. The van der Waals surface area contributed by atoms with Crippen molar-refractivity contribution in [2.24, 2.45) is 0 Å². The van der Waals surface area contributed by atoms with Crippen molar-refractivity contribution in [3.05, 3.63) is 78.0 Å². The van der Waals surface area contributed by atoms with Crippen molar-refractivity contribution in [3.8, 4) is 0 Å². The quantitative estimate of drug-likeness (QED) is 0.475. The molecule has 0 amide bonds. The largest absolute Gasteiger partial charge is 0.399 e. The highest BCUT2D eigenvalue weighted by Crippen LogP contribution is 2.15. The molecule has 0 aliphatic carbocycles. The fraction of sp³-hybridized carbons (Fsp3) is 0.143. The lowest BCUT2D eigenvalue weighted by atomic mass is 10.2. The lowest BCUT2D eigenvalue weighted by Gasteiger charge is -2.11. The highest BCUT2D eigenvalue weighted by molar-refractivity contribution is 5.76. The zero-order valence-electron chi connectivity index (χ0n) is 15.6. The number of nitrogen functional groups attached to an aromatic ring is 2. The van der Waals surface area contributed by atoms with Crippen LogP contribution in [0.2, 0.25) is 0 Å². The number of hydrogen-bond donors (Lipinski definition) is 3. The zero-order valence-corrected chi connectivity index (χ0v) is 15.6. The van der Waals surface area contributed by atoms with E-state index in [0.717, 1.165) is 28.8 Å². The van der Waals surface area contributed by atoms with Gasteiger partial charge in [-0.3, -0.25) is 4.79 Å². The normalized spacial score (nSPS) is 9.70. The van der Waals surface area contributed by atoms with Crippen molar-refractivity contribution in [1.29, 1.82) is 0 Å². The van der Waals surface area contributed by atoms with E-state index in [1.165, 1.54) is 0 Å². The van der Waals surface area contributed by atoms with Crippen LogP contribution in [0.5, 0.6) is 0 Å². The summed E-state index contributed by atoms with van der Waals surface area (Å²) in [5, 5.41) is 3.17. The molecule has 0 atom stereocenters. The molecule has 0 aliphatic rings.